The number of nitrogens with one attached hydrogen (secondary N) is 1. The van der Waals surface area contributed by atoms with Crippen molar-refractivity contribution >= 4 is 40.0 Å². The van der Waals surface area contributed by atoms with E-state index in [0.717, 1.165) is 59.0 Å². The third-order valence-electron chi connectivity index (χ3n) is 4.92. The van der Waals surface area contributed by atoms with Gasteiger partial charge in [0.2, 0.25) is 11.8 Å². The summed E-state index contributed by atoms with van der Waals surface area (Å²) in [5.41, 5.74) is 3.41. The second-order valence-electron chi connectivity index (χ2n) is 6.93. The highest BCUT2D eigenvalue weighted by Gasteiger charge is 2.27. The van der Waals surface area contributed by atoms with E-state index < -0.39 is 5.97 Å². The van der Waals surface area contributed by atoms with Crippen LogP contribution in [0.25, 0.3) is 11.5 Å². The minimum Gasteiger partial charge on any atom is -0.465 e. The highest BCUT2D eigenvalue weighted by Crippen LogP contribution is 2.38. The number of hydrogen-bond donors (Lipinski definition) is 1. The number of benzene rings is 1. The molecule has 30 heavy (non-hydrogen) atoms. The third-order valence-corrected chi connectivity index (χ3v) is 6.95. The van der Waals surface area contributed by atoms with Crippen molar-refractivity contribution in [3.8, 4) is 11.5 Å². The summed E-state index contributed by atoms with van der Waals surface area (Å²) in [6, 6.07) is 7.74. The van der Waals surface area contributed by atoms with E-state index in [2.05, 4.69) is 15.5 Å². The lowest BCUT2D eigenvalue weighted by Gasteiger charge is -2.11. The second kappa shape index (κ2) is 9.01. The minimum atomic E-state index is -0.405. The number of anilines is 1. The number of thiophene rings is 1. The SMILES string of the molecule is COC(=O)c1c(NC(=O)CSc2nnc(-c3ccccc3C)o2)sc2c1CCCC2. The first-order chi connectivity index (χ1) is 14.6. The highest BCUT2D eigenvalue weighted by molar-refractivity contribution is 7.99. The molecule has 0 saturated heterocycles. The summed E-state index contributed by atoms with van der Waals surface area (Å²) in [6.07, 6.45) is 3.90. The normalized spacial score (nSPS) is 13.0. The third kappa shape index (κ3) is 4.27. The molecule has 1 N–H and O–H groups in total. The molecule has 1 amide bonds. The summed E-state index contributed by atoms with van der Waals surface area (Å²) >= 11 is 2.63. The Morgan fingerprint density at radius 2 is 2.03 bits per heavy atom. The number of methoxy groups -OCH3 is 1. The van der Waals surface area contributed by atoms with Crippen molar-refractivity contribution in [3.63, 3.8) is 0 Å². The molecule has 0 bridgehead atoms. The predicted octanol–water partition coefficient (Wildman–Crippen LogP) is 4.50. The van der Waals surface area contributed by atoms with Crippen molar-refractivity contribution in [1.82, 2.24) is 10.2 Å². The van der Waals surface area contributed by atoms with Gasteiger partial charge in [-0.15, -0.1) is 21.5 Å². The molecule has 0 fully saturated rings. The van der Waals surface area contributed by atoms with Gasteiger partial charge in [-0.3, -0.25) is 4.79 Å². The molecule has 2 heterocycles. The van der Waals surface area contributed by atoms with Crippen molar-refractivity contribution in [2.75, 3.05) is 18.2 Å². The summed E-state index contributed by atoms with van der Waals surface area (Å²) in [7, 11) is 1.36. The van der Waals surface area contributed by atoms with Crippen molar-refractivity contribution < 1.29 is 18.7 Å². The smallest absolute Gasteiger partial charge is 0.341 e. The highest BCUT2D eigenvalue weighted by atomic mass is 32.2. The van der Waals surface area contributed by atoms with Gasteiger partial charge in [0.05, 0.1) is 18.4 Å². The fourth-order valence-corrected chi connectivity index (χ4v) is 5.31. The van der Waals surface area contributed by atoms with Crippen LogP contribution in [0.15, 0.2) is 33.9 Å². The van der Waals surface area contributed by atoms with Crippen LogP contribution >= 0.6 is 23.1 Å². The Kier molecular flexibility index (Phi) is 6.19. The maximum Gasteiger partial charge on any atom is 0.341 e. The quantitative estimate of drug-likeness (QED) is 0.443. The molecular weight excluding hydrogens is 422 g/mol. The van der Waals surface area contributed by atoms with Crippen molar-refractivity contribution in [1.29, 1.82) is 0 Å². The summed E-state index contributed by atoms with van der Waals surface area (Å²) < 4.78 is 10.6. The lowest BCUT2D eigenvalue weighted by atomic mass is 9.95. The van der Waals surface area contributed by atoms with Gasteiger partial charge in [-0.25, -0.2) is 4.79 Å². The minimum absolute atomic E-state index is 0.0958. The van der Waals surface area contributed by atoms with Crippen LogP contribution < -0.4 is 5.32 Å². The van der Waals surface area contributed by atoms with E-state index in [1.54, 1.807) is 0 Å². The first-order valence-corrected chi connectivity index (χ1v) is 11.4. The second-order valence-corrected chi connectivity index (χ2v) is 8.96. The maximum atomic E-state index is 12.5. The van der Waals surface area contributed by atoms with Gasteiger partial charge in [0.25, 0.3) is 5.22 Å². The first kappa shape index (κ1) is 20.6. The number of ether oxygens (including phenoxy) is 1. The molecule has 3 aromatic rings. The van der Waals surface area contributed by atoms with Crippen LogP contribution in [0, 0.1) is 6.92 Å². The Hall–Kier alpha value is -2.65. The average molecular weight is 444 g/mol. The molecule has 1 aliphatic rings. The van der Waals surface area contributed by atoms with Crippen LogP contribution in [0.3, 0.4) is 0 Å². The van der Waals surface area contributed by atoms with Gasteiger partial charge < -0.3 is 14.5 Å². The number of hydrogen-bond acceptors (Lipinski definition) is 8. The number of esters is 1. The Morgan fingerprint density at radius 1 is 1.23 bits per heavy atom. The number of nitrogens with zero attached hydrogens (tertiary/aromatic N) is 2. The predicted molar refractivity (Wildman–Crippen MR) is 116 cm³/mol. The van der Waals surface area contributed by atoms with Gasteiger partial charge in [-0.05, 0) is 49.8 Å². The molecule has 0 saturated carbocycles. The van der Waals surface area contributed by atoms with Crippen molar-refractivity contribution in [2.24, 2.45) is 0 Å². The monoisotopic (exact) mass is 443 g/mol. The van der Waals surface area contributed by atoms with Crippen LogP contribution in [-0.4, -0.2) is 34.9 Å². The number of amides is 1. The Bertz CT molecular complexity index is 1090. The summed E-state index contributed by atoms with van der Waals surface area (Å²) in [5, 5.41) is 11.8. The van der Waals surface area contributed by atoms with Crippen molar-refractivity contribution in [3.05, 3.63) is 45.8 Å². The molecule has 156 valence electrons. The van der Waals surface area contributed by atoms with E-state index in [9.17, 15) is 9.59 Å². The number of fused-ring (bicyclic) bond motifs is 1. The van der Waals surface area contributed by atoms with E-state index in [4.69, 9.17) is 9.15 Å². The molecule has 0 radical (unpaired) electrons. The Morgan fingerprint density at radius 3 is 2.83 bits per heavy atom. The molecule has 7 nitrogen and oxygen atoms in total. The van der Waals surface area contributed by atoms with Gasteiger partial charge in [0.1, 0.15) is 5.00 Å². The lowest BCUT2D eigenvalue weighted by molar-refractivity contribution is -0.113. The molecule has 0 unspecified atom stereocenters. The maximum absolute atomic E-state index is 12.5. The van der Waals surface area contributed by atoms with E-state index in [1.165, 1.54) is 18.4 Å². The first-order valence-electron chi connectivity index (χ1n) is 9.62. The molecule has 1 aromatic carbocycles. The van der Waals surface area contributed by atoms with E-state index in [0.29, 0.717) is 21.7 Å². The molecule has 0 atom stereocenters. The van der Waals surface area contributed by atoms with Crippen LogP contribution in [-0.2, 0) is 22.4 Å². The van der Waals surface area contributed by atoms with Crippen LogP contribution in [0.1, 0.15) is 39.2 Å². The van der Waals surface area contributed by atoms with Crippen LogP contribution in [0.2, 0.25) is 0 Å². The number of thioether (sulfide) groups is 1. The number of carbonyl (C=O) groups is 2. The Balaban J connectivity index is 1.43. The summed E-state index contributed by atoms with van der Waals surface area (Å²) in [5.74, 6) is -0.120. The molecule has 4 rings (SSSR count). The molecule has 9 heteroatoms. The van der Waals surface area contributed by atoms with Crippen LogP contribution in [0.5, 0.6) is 0 Å². The van der Waals surface area contributed by atoms with Gasteiger partial charge in [0, 0.05) is 10.4 Å². The van der Waals surface area contributed by atoms with Gasteiger partial charge in [-0.1, -0.05) is 30.0 Å². The fraction of sp³-hybridized carbons (Fsp3) is 0.333. The zero-order chi connectivity index (χ0) is 21.1. The molecule has 0 aliphatic heterocycles. The zero-order valence-corrected chi connectivity index (χ0v) is 18.3. The Labute approximate surface area is 182 Å². The average Bonchev–Trinajstić information content (AvgIpc) is 3.36. The molecule has 2 aromatic heterocycles. The van der Waals surface area contributed by atoms with E-state index in [1.807, 2.05) is 31.2 Å². The largest absolute Gasteiger partial charge is 0.465 e. The number of aromatic nitrogens is 2. The summed E-state index contributed by atoms with van der Waals surface area (Å²) in [4.78, 5) is 26.0. The standard InChI is InChI=1S/C21H21N3O4S2/c1-12-7-3-4-8-13(12)18-23-24-21(28-18)29-11-16(25)22-19-17(20(26)27-2)14-9-5-6-10-15(14)30-19/h3-4,7-8H,5-6,9-11H2,1-2H3,(H,22,25). The van der Waals surface area contributed by atoms with Crippen molar-refractivity contribution in [2.45, 2.75) is 37.8 Å². The molecular formula is C21H21N3O4S2. The number of aryl methyl sites for hydroxylation is 2. The van der Waals surface area contributed by atoms with Gasteiger partial charge in [-0.2, -0.15) is 0 Å². The molecule has 1 aliphatic carbocycles. The number of carbonyl (C=O) groups excluding carboxylic acids is 2. The van der Waals surface area contributed by atoms with E-state index >= 15 is 0 Å². The van der Waals surface area contributed by atoms with Crippen LogP contribution in [0.4, 0.5) is 5.00 Å². The van der Waals surface area contributed by atoms with E-state index in [-0.39, 0.29) is 11.7 Å². The zero-order valence-electron chi connectivity index (χ0n) is 16.7. The lowest BCUT2D eigenvalue weighted by Crippen LogP contribution is -2.16. The van der Waals surface area contributed by atoms with Gasteiger partial charge in [0.15, 0.2) is 0 Å². The summed E-state index contributed by atoms with van der Waals surface area (Å²) in [6.45, 7) is 1.97. The van der Waals surface area contributed by atoms with Gasteiger partial charge >= 0.3 is 5.97 Å². The number of rotatable bonds is 6. The molecule has 0 spiro atoms. The topological polar surface area (TPSA) is 94.3 Å². The fourth-order valence-electron chi connectivity index (χ4n) is 3.45.